The molecule has 2 aromatic heterocycles. The number of hydrogen-bond acceptors (Lipinski definition) is 3. The van der Waals surface area contributed by atoms with Gasteiger partial charge < -0.3 is 9.88 Å². The van der Waals surface area contributed by atoms with Gasteiger partial charge in [0.05, 0.1) is 6.04 Å². The van der Waals surface area contributed by atoms with Crippen LogP contribution in [0.25, 0.3) is 0 Å². The molecule has 0 unspecified atom stereocenters. The molecule has 1 N–H and O–H groups in total. The number of thiophene rings is 1. The molecule has 0 bridgehead atoms. The van der Waals surface area contributed by atoms with E-state index in [1.54, 1.807) is 11.3 Å². The van der Waals surface area contributed by atoms with Crippen molar-refractivity contribution in [3.8, 4) is 0 Å². The zero-order valence-corrected chi connectivity index (χ0v) is 12.4. The summed E-state index contributed by atoms with van der Waals surface area (Å²) >= 11 is 1.72. The fourth-order valence-corrected chi connectivity index (χ4v) is 3.49. The van der Waals surface area contributed by atoms with Gasteiger partial charge in [0.15, 0.2) is 0 Å². The van der Waals surface area contributed by atoms with Crippen molar-refractivity contribution < 1.29 is 4.79 Å². The molecule has 5 heteroatoms. The van der Waals surface area contributed by atoms with Crippen LogP contribution in [0.4, 0.5) is 0 Å². The van der Waals surface area contributed by atoms with Crippen molar-refractivity contribution in [2.75, 3.05) is 6.54 Å². The number of amides is 1. The van der Waals surface area contributed by atoms with Crippen LogP contribution in [-0.4, -0.2) is 27.3 Å². The van der Waals surface area contributed by atoms with Gasteiger partial charge in [0.2, 0.25) is 5.91 Å². The topological polar surface area (TPSA) is 49.0 Å². The highest BCUT2D eigenvalue weighted by molar-refractivity contribution is 7.09. The molecule has 106 valence electrons. The predicted octanol–water partition coefficient (Wildman–Crippen LogP) is 3.08. The molecular weight excluding hydrogens is 270 g/mol. The van der Waals surface area contributed by atoms with Crippen LogP contribution in [0.1, 0.15) is 41.7 Å². The third-order valence-corrected chi connectivity index (χ3v) is 4.71. The van der Waals surface area contributed by atoms with Crippen LogP contribution >= 0.6 is 11.3 Å². The highest BCUT2D eigenvalue weighted by Gasteiger charge is 2.31. The van der Waals surface area contributed by atoms with Gasteiger partial charge in [-0.2, -0.15) is 0 Å². The maximum absolute atomic E-state index is 12.4. The Kier molecular flexibility index (Phi) is 3.87. The van der Waals surface area contributed by atoms with Gasteiger partial charge in [-0.1, -0.05) is 6.07 Å². The number of carbonyl (C=O) groups excluding carboxylic acids is 1. The van der Waals surface area contributed by atoms with Crippen molar-refractivity contribution in [2.45, 2.75) is 38.6 Å². The van der Waals surface area contributed by atoms with Crippen LogP contribution in [0.3, 0.4) is 0 Å². The summed E-state index contributed by atoms with van der Waals surface area (Å²) in [4.78, 5) is 23.4. The monoisotopic (exact) mass is 289 g/mol. The second-order valence-corrected chi connectivity index (χ2v) is 6.31. The Bertz CT molecular complexity index is 576. The highest BCUT2D eigenvalue weighted by atomic mass is 32.1. The average Bonchev–Trinajstić information content (AvgIpc) is 3.16. The summed E-state index contributed by atoms with van der Waals surface area (Å²) in [5, 5.41) is 2.06. The largest absolute Gasteiger partial charge is 0.344 e. The van der Waals surface area contributed by atoms with E-state index in [0.29, 0.717) is 6.42 Å². The number of likely N-dealkylation sites (tertiary alicyclic amines) is 1. The Hall–Kier alpha value is -1.62. The predicted molar refractivity (Wildman–Crippen MR) is 79.7 cm³/mol. The van der Waals surface area contributed by atoms with Gasteiger partial charge in [0, 0.05) is 29.7 Å². The first-order chi connectivity index (χ1) is 9.74. The van der Waals surface area contributed by atoms with E-state index in [1.807, 2.05) is 24.1 Å². The maximum atomic E-state index is 12.4. The lowest BCUT2D eigenvalue weighted by Crippen LogP contribution is -2.31. The molecule has 1 fully saturated rings. The first kappa shape index (κ1) is 13.4. The lowest BCUT2D eigenvalue weighted by Gasteiger charge is -2.23. The first-order valence-corrected chi connectivity index (χ1v) is 7.95. The number of aryl methyl sites for hydroxylation is 2. The molecule has 0 saturated carbocycles. The van der Waals surface area contributed by atoms with Gasteiger partial charge in [-0.05, 0) is 37.6 Å². The van der Waals surface area contributed by atoms with Crippen LogP contribution in [0.2, 0.25) is 0 Å². The fourth-order valence-electron chi connectivity index (χ4n) is 2.78. The molecule has 0 spiro atoms. The summed E-state index contributed by atoms with van der Waals surface area (Å²) in [5.41, 5.74) is 1.05. The quantitative estimate of drug-likeness (QED) is 0.940. The van der Waals surface area contributed by atoms with E-state index in [2.05, 4.69) is 21.4 Å². The summed E-state index contributed by atoms with van der Waals surface area (Å²) < 4.78 is 0. The average molecular weight is 289 g/mol. The minimum Gasteiger partial charge on any atom is -0.344 e. The molecule has 3 heterocycles. The van der Waals surface area contributed by atoms with Crippen molar-refractivity contribution in [1.82, 2.24) is 14.9 Å². The minimum atomic E-state index is 0.138. The summed E-state index contributed by atoms with van der Waals surface area (Å²) in [5.74, 6) is 1.18. The van der Waals surface area contributed by atoms with Crippen LogP contribution in [0.15, 0.2) is 23.7 Å². The van der Waals surface area contributed by atoms with Crippen molar-refractivity contribution in [3.05, 3.63) is 40.1 Å². The molecule has 1 amide bonds. The van der Waals surface area contributed by atoms with Crippen molar-refractivity contribution in [1.29, 1.82) is 0 Å². The van der Waals surface area contributed by atoms with E-state index in [9.17, 15) is 4.79 Å². The number of hydrogen-bond donors (Lipinski definition) is 1. The highest BCUT2D eigenvalue weighted by Crippen LogP contribution is 2.30. The SMILES string of the molecule is Cc1cnc([C@H]2CCCN2C(=O)CCc2cccs2)[nH]1. The fraction of sp³-hybridized carbons (Fsp3) is 0.467. The molecule has 2 aromatic rings. The van der Waals surface area contributed by atoms with Gasteiger partial charge in [-0.25, -0.2) is 4.98 Å². The number of rotatable bonds is 4. The number of aromatic nitrogens is 2. The lowest BCUT2D eigenvalue weighted by molar-refractivity contribution is -0.132. The summed E-state index contributed by atoms with van der Waals surface area (Å²) in [7, 11) is 0. The number of carbonyl (C=O) groups is 1. The number of H-pyrrole nitrogens is 1. The Morgan fingerprint density at radius 1 is 1.60 bits per heavy atom. The van der Waals surface area contributed by atoms with Crippen molar-refractivity contribution in [2.24, 2.45) is 0 Å². The summed E-state index contributed by atoms with van der Waals surface area (Å²) in [6, 6.07) is 4.27. The molecule has 0 radical (unpaired) electrons. The van der Waals surface area contributed by atoms with Gasteiger partial charge in [-0.15, -0.1) is 11.3 Å². The van der Waals surface area contributed by atoms with E-state index in [0.717, 1.165) is 37.3 Å². The molecule has 1 aliphatic heterocycles. The number of nitrogens with zero attached hydrogens (tertiary/aromatic N) is 2. The van der Waals surface area contributed by atoms with Crippen LogP contribution in [0, 0.1) is 6.92 Å². The molecule has 0 aromatic carbocycles. The standard InChI is InChI=1S/C15H19N3OS/c1-11-10-16-15(17-11)13-5-2-8-18(13)14(19)7-6-12-4-3-9-20-12/h3-4,9-10,13H,2,5-8H2,1H3,(H,16,17)/t13-/m1/s1. The summed E-state index contributed by atoms with van der Waals surface area (Å²) in [6.45, 7) is 2.85. The van der Waals surface area contributed by atoms with Gasteiger partial charge in [0.25, 0.3) is 0 Å². The van der Waals surface area contributed by atoms with Gasteiger partial charge in [-0.3, -0.25) is 4.79 Å². The zero-order chi connectivity index (χ0) is 13.9. The molecule has 1 atom stereocenters. The second-order valence-electron chi connectivity index (χ2n) is 5.28. The van der Waals surface area contributed by atoms with Crippen molar-refractivity contribution >= 4 is 17.2 Å². The lowest BCUT2D eigenvalue weighted by atomic mass is 10.2. The molecule has 0 aliphatic carbocycles. The molecule has 1 aliphatic rings. The van der Waals surface area contributed by atoms with Gasteiger partial charge in [0.1, 0.15) is 5.82 Å². The Balaban J connectivity index is 1.64. The van der Waals surface area contributed by atoms with E-state index in [1.165, 1.54) is 4.88 Å². The molecule has 20 heavy (non-hydrogen) atoms. The van der Waals surface area contributed by atoms with Gasteiger partial charge >= 0.3 is 0 Å². The Morgan fingerprint density at radius 3 is 3.20 bits per heavy atom. The minimum absolute atomic E-state index is 0.138. The van der Waals surface area contributed by atoms with E-state index < -0.39 is 0 Å². The van der Waals surface area contributed by atoms with E-state index in [4.69, 9.17) is 0 Å². The Morgan fingerprint density at radius 2 is 2.50 bits per heavy atom. The van der Waals surface area contributed by atoms with E-state index in [-0.39, 0.29) is 11.9 Å². The number of nitrogens with one attached hydrogen (secondary N) is 1. The normalized spacial score (nSPS) is 18.6. The third kappa shape index (κ3) is 2.77. The maximum Gasteiger partial charge on any atom is 0.223 e. The first-order valence-electron chi connectivity index (χ1n) is 7.07. The molecule has 1 saturated heterocycles. The van der Waals surface area contributed by atoms with Crippen LogP contribution < -0.4 is 0 Å². The number of aromatic amines is 1. The van der Waals surface area contributed by atoms with E-state index >= 15 is 0 Å². The molecular formula is C15H19N3OS. The Labute approximate surface area is 122 Å². The van der Waals surface area contributed by atoms with Crippen LogP contribution in [0.5, 0.6) is 0 Å². The molecule has 4 nitrogen and oxygen atoms in total. The van der Waals surface area contributed by atoms with Crippen molar-refractivity contribution in [3.63, 3.8) is 0 Å². The summed E-state index contributed by atoms with van der Waals surface area (Å²) in [6.07, 6.45) is 5.35. The number of imidazole rings is 1. The van der Waals surface area contributed by atoms with Crippen LogP contribution in [-0.2, 0) is 11.2 Å². The smallest absolute Gasteiger partial charge is 0.223 e. The second kappa shape index (κ2) is 5.79. The zero-order valence-electron chi connectivity index (χ0n) is 11.6. The molecule has 3 rings (SSSR count). The third-order valence-electron chi connectivity index (χ3n) is 3.78.